The van der Waals surface area contributed by atoms with Gasteiger partial charge in [0.1, 0.15) is 17.1 Å². The number of aromatic nitrogens is 1. The maximum Gasteiger partial charge on any atom is 0.357 e. The molecule has 1 aromatic rings. The number of rotatable bonds is 11. The van der Waals surface area contributed by atoms with E-state index in [1.54, 1.807) is 12.4 Å². The third-order valence-electron chi connectivity index (χ3n) is 7.32. The molecule has 37 heavy (non-hydrogen) atoms. The maximum absolute atomic E-state index is 13.7. The Kier molecular flexibility index (Phi) is 11.5. The molecule has 0 aliphatic carbocycles. The summed E-state index contributed by atoms with van der Waals surface area (Å²) < 4.78 is 4.79. The fraction of sp³-hybridized carbons (Fsp3) is 0.731. The molecule has 0 spiro atoms. The van der Waals surface area contributed by atoms with Crippen LogP contribution in [-0.2, 0) is 19.1 Å². The van der Waals surface area contributed by atoms with Gasteiger partial charge in [0.2, 0.25) is 17.7 Å². The van der Waals surface area contributed by atoms with Gasteiger partial charge in [-0.25, -0.2) is 9.78 Å². The van der Waals surface area contributed by atoms with Crippen LogP contribution in [0, 0.1) is 11.8 Å². The lowest BCUT2D eigenvalue weighted by Gasteiger charge is -2.37. The van der Waals surface area contributed by atoms with Crippen molar-refractivity contribution in [1.82, 2.24) is 25.4 Å². The van der Waals surface area contributed by atoms with Crippen molar-refractivity contribution in [3.63, 3.8) is 0 Å². The third-order valence-corrected chi connectivity index (χ3v) is 8.23. The zero-order valence-corrected chi connectivity index (χ0v) is 24.2. The highest BCUT2D eigenvalue weighted by Gasteiger charge is 2.38. The van der Waals surface area contributed by atoms with Gasteiger partial charge in [0.25, 0.3) is 0 Å². The zero-order chi connectivity index (χ0) is 27.9. The van der Waals surface area contributed by atoms with Crippen LogP contribution in [0.3, 0.4) is 0 Å². The molecular weight excluding hydrogens is 494 g/mol. The third kappa shape index (κ3) is 7.73. The van der Waals surface area contributed by atoms with Crippen molar-refractivity contribution in [1.29, 1.82) is 0 Å². The first-order chi connectivity index (χ1) is 17.4. The summed E-state index contributed by atoms with van der Waals surface area (Å²) in [4.78, 5) is 59.3. The number of amides is 3. The monoisotopic (exact) mass is 537 g/mol. The SMILES string of the molecule is CCC(C)C(NC(=O)C1CCCCN1C)C(=O)NC(C(C)C)C(c1nc(C(=O)OC)cs1)N(C)C(C)=O. The Morgan fingerprint density at radius 3 is 2.43 bits per heavy atom. The molecule has 0 aromatic carbocycles. The van der Waals surface area contributed by atoms with Crippen LogP contribution >= 0.6 is 11.3 Å². The Labute approximate surface area is 224 Å². The number of esters is 1. The van der Waals surface area contributed by atoms with Crippen molar-refractivity contribution in [3.05, 3.63) is 16.1 Å². The molecule has 1 aliphatic rings. The molecule has 1 fully saturated rings. The van der Waals surface area contributed by atoms with Crippen LogP contribution in [0.5, 0.6) is 0 Å². The number of carbonyl (C=O) groups is 4. The predicted octanol–water partition coefficient (Wildman–Crippen LogP) is 2.61. The van der Waals surface area contributed by atoms with Gasteiger partial charge in [-0.3, -0.25) is 19.3 Å². The molecular formula is C26H43N5O5S. The van der Waals surface area contributed by atoms with Gasteiger partial charge in [-0.05, 0) is 38.3 Å². The van der Waals surface area contributed by atoms with Gasteiger partial charge in [0.15, 0.2) is 5.69 Å². The van der Waals surface area contributed by atoms with Gasteiger partial charge in [0, 0.05) is 19.4 Å². The second-order valence-electron chi connectivity index (χ2n) is 10.3. The molecule has 208 valence electrons. The largest absolute Gasteiger partial charge is 0.464 e. The molecule has 2 heterocycles. The smallest absolute Gasteiger partial charge is 0.357 e. The Balaban J connectivity index is 2.35. The predicted molar refractivity (Wildman–Crippen MR) is 143 cm³/mol. The van der Waals surface area contributed by atoms with Crippen molar-refractivity contribution in [2.75, 3.05) is 27.7 Å². The fourth-order valence-electron chi connectivity index (χ4n) is 4.60. The fourth-order valence-corrected chi connectivity index (χ4v) is 5.58. The van der Waals surface area contributed by atoms with Crippen LogP contribution in [0.4, 0.5) is 0 Å². The van der Waals surface area contributed by atoms with Crippen molar-refractivity contribution < 1.29 is 23.9 Å². The maximum atomic E-state index is 13.7. The number of nitrogens with one attached hydrogen (secondary N) is 2. The van der Waals surface area contributed by atoms with E-state index in [0.717, 1.165) is 25.8 Å². The second kappa shape index (κ2) is 13.9. The summed E-state index contributed by atoms with van der Waals surface area (Å²) in [6, 6.07) is -2.10. The number of carbonyl (C=O) groups excluding carboxylic acids is 4. The molecule has 2 N–H and O–H groups in total. The van der Waals surface area contributed by atoms with Crippen molar-refractivity contribution in [2.24, 2.45) is 11.8 Å². The topological polar surface area (TPSA) is 121 Å². The zero-order valence-electron chi connectivity index (χ0n) is 23.4. The summed E-state index contributed by atoms with van der Waals surface area (Å²) in [6.45, 7) is 10.1. The number of piperidine rings is 1. The van der Waals surface area contributed by atoms with Crippen LogP contribution in [-0.4, -0.2) is 84.4 Å². The minimum Gasteiger partial charge on any atom is -0.464 e. The van der Waals surface area contributed by atoms with E-state index in [9.17, 15) is 19.2 Å². The molecule has 2 rings (SSSR count). The second-order valence-corrected chi connectivity index (χ2v) is 11.2. The number of hydrogen-bond acceptors (Lipinski definition) is 8. The number of likely N-dealkylation sites (tertiary alicyclic amines) is 1. The summed E-state index contributed by atoms with van der Waals surface area (Å²) in [5.41, 5.74) is 0.152. The molecule has 5 unspecified atom stereocenters. The van der Waals surface area contributed by atoms with Crippen LogP contribution < -0.4 is 10.6 Å². The van der Waals surface area contributed by atoms with E-state index in [4.69, 9.17) is 4.74 Å². The van der Waals surface area contributed by atoms with E-state index in [1.807, 2.05) is 39.6 Å². The molecule has 0 saturated carbocycles. The average molecular weight is 538 g/mol. The molecule has 3 amide bonds. The van der Waals surface area contributed by atoms with E-state index in [-0.39, 0.29) is 41.3 Å². The summed E-state index contributed by atoms with van der Waals surface area (Å²) in [6.07, 6.45) is 3.52. The molecule has 1 aliphatic heterocycles. The summed E-state index contributed by atoms with van der Waals surface area (Å²) in [5.74, 6) is -1.38. The Bertz CT molecular complexity index is 952. The van der Waals surface area contributed by atoms with Crippen LogP contribution in [0.15, 0.2) is 5.38 Å². The van der Waals surface area contributed by atoms with E-state index < -0.39 is 24.1 Å². The van der Waals surface area contributed by atoms with Gasteiger partial charge in [-0.2, -0.15) is 0 Å². The molecule has 0 bridgehead atoms. The summed E-state index contributed by atoms with van der Waals surface area (Å²) in [7, 11) is 4.88. The molecule has 5 atom stereocenters. The lowest BCUT2D eigenvalue weighted by Crippen LogP contribution is -2.59. The number of hydrogen-bond donors (Lipinski definition) is 2. The first kappa shape index (κ1) is 30.7. The summed E-state index contributed by atoms with van der Waals surface area (Å²) in [5, 5.41) is 8.26. The first-order valence-corrected chi connectivity index (χ1v) is 13.9. The minimum absolute atomic E-state index is 0.0843. The van der Waals surface area contributed by atoms with Crippen molar-refractivity contribution >= 4 is 35.0 Å². The lowest BCUT2D eigenvalue weighted by molar-refractivity contribution is -0.135. The van der Waals surface area contributed by atoms with Gasteiger partial charge in [-0.1, -0.05) is 40.5 Å². The Morgan fingerprint density at radius 1 is 1.22 bits per heavy atom. The van der Waals surface area contributed by atoms with Gasteiger partial charge in [-0.15, -0.1) is 11.3 Å². The summed E-state index contributed by atoms with van der Waals surface area (Å²) >= 11 is 1.24. The number of ether oxygens (including phenoxy) is 1. The first-order valence-electron chi connectivity index (χ1n) is 13.0. The van der Waals surface area contributed by atoms with E-state index in [0.29, 0.717) is 11.4 Å². The molecule has 10 nitrogen and oxygen atoms in total. The van der Waals surface area contributed by atoms with Gasteiger partial charge in [0.05, 0.1) is 19.2 Å². The molecule has 0 radical (unpaired) electrons. The Hall–Kier alpha value is -2.53. The highest BCUT2D eigenvalue weighted by Crippen LogP contribution is 2.31. The van der Waals surface area contributed by atoms with Crippen LogP contribution in [0.25, 0.3) is 0 Å². The normalized spacial score (nSPS) is 19.4. The molecule has 1 saturated heterocycles. The molecule has 11 heteroatoms. The highest BCUT2D eigenvalue weighted by atomic mass is 32.1. The highest BCUT2D eigenvalue weighted by molar-refractivity contribution is 7.09. The van der Waals surface area contributed by atoms with Crippen molar-refractivity contribution in [2.45, 2.75) is 84.5 Å². The molecule has 1 aromatic heterocycles. The standard InChI is InChI=1S/C26H43N5O5S/c1-9-16(4)21(29-23(33)19-12-10-11-13-30(19)6)24(34)28-20(15(2)3)22(31(7)17(5)32)25-27-18(14-37-25)26(35)36-8/h14-16,19-22H,9-13H2,1-8H3,(H,28,34)(H,29,33). The minimum atomic E-state index is -0.723. The number of methoxy groups -OCH3 is 1. The van der Waals surface area contributed by atoms with E-state index in [2.05, 4.69) is 15.6 Å². The quantitative estimate of drug-likeness (QED) is 0.416. The van der Waals surface area contributed by atoms with E-state index in [1.165, 1.54) is 30.3 Å². The number of nitrogens with zero attached hydrogens (tertiary/aromatic N) is 3. The van der Waals surface area contributed by atoms with Gasteiger partial charge >= 0.3 is 5.97 Å². The Morgan fingerprint density at radius 2 is 1.89 bits per heavy atom. The van der Waals surface area contributed by atoms with Crippen molar-refractivity contribution in [3.8, 4) is 0 Å². The number of thiazole rings is 1. The van der Waals surface area contributed by atoms with Crippen LogP contribution in [0.1, 0.15) is 81.8 Å². The van der Waals surface area contributed by atoms with Crippen LogP contribution in [0.2, 0.25) is 0 Å². The lowest BCUT2D eigenvalue weighted by atomic mass is 9.92. The van der Waals surface area contributed by atoms with E-state index >= 15 is 0 Å². The number of likely N-dealkylation sites (N-methyl/N-ethyl adjacent to an activating group) is 2. The van der Waals surface area contributed by atoms with Gasteiger partial charge < -0.3 is 20.3 Å². The average Bonchev–Trinajstić information content (AvgIpc) is 3.35.